The normalized spacial score (nSPS) is 14.0. The van der Waals surface area contributed by atoms with E-state index in [1.54, 1.807) is 18.2 Å². The third-order valence-corrected chi connectivity index (χ3v) is 4.29. The summed E-state index contributed by atoms with van der Waals surface area (Å²) in [6.07, 6.45) is 5.90. The topological polar surface area (TPSA) is 79.5 Å². The van der Waals surface area contributed by atoms with Crippen molar-refractivity contribution < 1.29 is 14.3 Å². The first-order valence-corrected chi connectivity index (χ1v) is 9.13. The minimum absolute atomic E-state index is 0.0864. The van der Waals surface area contributed by atoms with Crippen LogP contribution in [-0.4, -0.2) is 23.5 Å². The Bertz CT molecular complexity index is 615. The summed E-state index contributed by atoms with van der Waals surface area (Å²) in [6, 6.07) is 6.98. The number of thiocarbonyl (C=S) groups is 1. The van der Waals surface area contributed by atoms with Crippen LogP contribution < -0.4 is 20.9 Å². The Kier molecular flexibility index (Phi) is 7.66. The summed E-state index contributed by atoms with van der Waals surface area (Å²) < 4.78 is 5.56. The molecule has 1 aromatic rings. The van der Waals surface area contributed by atoms with Crippen molar-refractivity contribution in [2.45, 2.75) is 45.4 Å². The number of benzene rings is 1. The molecule has 7 heteroatoms. The number of para-hydroxylation sites is 1. The molecule has 0 bridgehead atoms. The van der Waals surface area contributed by atoms with Crippen molar-refractivity contribution in [3.8, 4) is 5.75 Å². The lowest BCUT2D eigenvalue weighted by molar-refractivity contribution is -0.120. The van der Waals surface area contributed by atoms with Gasteiger partial charge in [0.25, 0.3) is 5.91 Å². The van der Waals surface area contributed by atoms with Crippen LogP contribution in [0.2, 0.25) is 0 Å². The zero-order chi connectivity index (χ0) is 18.1. The number of ether oxygens (including phenoxy) is 1. The van der Waals surface area contributed by atoms with Crippen LogP contribution in [0.5, 0.6) is 5.75 Å². The molecule has 0 radical (unpaired) electrons. The van der Waals surface area contributed by atoms with Gasteiger partial charge in [0.05, 0.1) is 12.2 Å². The van der Waals surface area contributed by atoms with Gasteiger partial charge in [0, 0.05) is 6.42 Å². The number of nitrogens with one attached hydrogen (secondary N) is 3. The molecule has 2 amide bonds. The Labute approximate surface area is 153 Å². The van der Waals surface area contributed by atoms with E-state index < -0.39 is 0 Å². The first-order valence-electron chi connectivity index (χ1n) is 8.72. The second-order valence-electron chi connectivity index (χ2n) is 6.16. The summed E-state index contributed by atoms with van der Waals surface area (Å²) in [5.41, 5.74) is 5.46. The van der Waals surface area contributed by atoms with Gasteiger partial charge in [0.2, 0.25) is 5.91 Å². The van der Waals surface area contributed by atoms with Crippen LogP contribution in [0.1, 0.15) is 55.8 Å². The van der Waals surface area contributed by atoms with E-state index in [-0.39, 0.29) is 16.9 Å². The number of hydrogen-bond acceptors (Lipinski definition) is 4. The summed E-state index contributed by atoms with van der Waals surface area (Å²) >= 11 is 5.05. The van der Waals surface area contributed by atoms with Crippen molar-refractivity contribution in [1.29, 1.82) is 0 Å². The monoisotopic (exact) mass is 363 g/mol. The molecule has 1 aliphatic carbocycles. The second-order valence-corrected chi connectivity index (χ2v) is 6.56. The highest BCUT2D eigenvalue weighted by atomic mass is 32.1. The Morgan fingerprint density at radius 1 is 1.20 bits per heavy atom. The van der Waals surface area contributed by atoms with E-state index in [0.29, 0.717) is 30.3 Å². The van der Waals surface area contributed by atoms with Gasteiger partial charge in [-0.3, -0.25) is 20.4 Å². The Morgan fingerprint density at radius 2 is 1.92 bits per heavy atom. The van der Waals surface area contributed by atoms with Crippen molar-refractivity contribution >= 4 is 29.1 Å². The first kappa shape index (κ1) is 19.2. The molecule has 1 aliphatic rings. The van der Waals surface area contributed by atoms with Crippen LogP contribution >= 0.6 is 12.2 Å². The molecule has 0 aromatic heterocycles. The molecule has 2 rings (SSSR count). The molecule has 0 saturated heterocycles. The predicted octanol–water partition coefficient (Wildman–Crippen LogP) is 2.69. The van der Waals surface area contributed by atoms with E-state index in [1.807, 2.05) is 13.0 Å². The Balaban J connectivity index is 1.79. The van der Waals surface area contributed by atoms with E-state index in [0.717, 1.165) is 19.3 Å². The minimum Gasteiger partial charge on any atom is -0.493 e. The van der Waals surface area contributed by atoms with Crippen molar-refractivity contribution in [2.24, 2.45) is 5.92 Å². The largest absolute Gasteiger partial charge is 0.493 e. The number of hydrazine groups is 1. The number of carbonyl (C=O) groups excluding carboxylic acids is 2. The van der Waals surface area contributed by atoms with Gasteiger partial charge in [0.1, 0.15) is 5.75 Å². The fourth-order valence-corrected chi connectivity index (χ4v) is 3.02. The van der Waals surface area contributed by atoms with Crippen molar-refractivity contribution in [3.05, 3.63) is 29.8 Å². The fraction of sp³-hybridized carbons (Fsp3) is 0.500. The highest BCUT2D eigenvalue weighted by Gasteiger charge is 2.19. The molecule has 6 nitrogen and oxygen atoms in total. The molecular formula is C18H25N3O3S. The Morgan fingerprint density at radius 3 is 2.64 bits per heavy atom. The maximum absolute atomic E-state index is 12.3. The lowest BCUT2D eigenvalue weighted by Gasteiger charge is -2.14. The van der Waals surface area contributed by atoms with E-state index >= 15 is 0 Å². The molecule has 0 atom stereocenters. The molecule has 25 heavy (non-hydrogen) atoms. The van der Waals surface area contributed by atoms with Crippen molar-refractivity contribution in [2.75, 3.05) is 6.61 Å². The fourth-order valence-electron chi connectivity index (χ4n) is 2.86. The van der Waals surface area contributed by atoms with Crippen LogP contribution in [0.4, 0.5) is 0 Å². The van der Waals surface area contributed by atoms with Gasteiger partial charge >= 0.3 is 0 Å². The zero-order valence-electron chi connectivity index (χ0n) is 14.5. The number of amides is 2. The number of carbonyl (C=O) groups is 2. The molecule has 0 heterocycles. The third-order valence-electron chi connectivity index (χ3n) is 4.08. The van der Waals surface area contributed by atoms with Crippen LogP contribution in [0.25, 0.3) is 0 Å². The van der Waals surface area contributed by atoms with Gasteiger partial charge < -0.3 is 10.1 Å². The van der Waals surface area contributed by atoms with Crippen LogP contribution in [-0.2, 0) is 4.79 Å². The standard InChI is InChI=1S/C18H25N3O3S/c1-2-11-24-15-10-6-5-9-14(15)17(23)20-21-18(25)19-16(22)12-13-7-3-4-8-13/h5-6,9-10,13H,2-4,7-8,11-12H2,1H3,(H,20,23)(H2,19,21,22,25). The first-order chi connectivity index (χ1) is 12.1. The summed E-state index contributed by atoms with van der Waals surface area (Å²) in [5.74, 6) is 0.462. The summed E-state index contributed by atoms with van der Waals surface area (Å²) in [4.78, 5) is 24.2. The average Bonchev–Trinajstić information content (AvgIpc) is 3.10. The van der Waals surface area contributed by atoms with Crippen molar-refractivity contribution in [1.82, 2.24) is 16.2 Å². The van der Waals surface area contributed by atoms with E-state index in [4.69, 9.17) is 17.0 Å². The SMILES string of the molecule is CCCOc1ccccc1C(=O)NNC(=S)NC(=O)CC1CCCC1. The van der Waals surface area contributed by atoms with E-state index in [1.165, 1.54) is 12.8 Å². The molecule has 1 fully saturated rings. The smallest absolute Gasteiger partial charge is 0.273 e. The van der Waals surface area contributed by atoms with E-state index in [9.17, 15) is 9.59 Å². The average molecular weight is 363 g/mol. The van der Waals surface area contributed by atoms with Crippen LogP contribution in [0.15, 0.2) is 24.3 Å². The number of hydrogen-bond donors (Lipinski definition) is 3. The molecule has 1 aromatic carbocycles. The zero-order valence-corrected chi connectivity index (χ0v) is 15.3. The van der Waals surface area contributed by atoms with E-state index in [2.05, 4.69) is 16.2 Å². The van der Waals surface area contributed by atoms with Crippen LogP contribution in [0.3, 0.4) is 0 Å². The molecule has 0 spiro atoms. The maximum Gasteiger partial charge on any atom is 0.273 e. The van der Waals surface area contributed by atoms with Gasteiger partial charge in [-0.1, -0.05) is 31.9 Å². The summed E-state index contributed by atoms with van der Waals surface area (Å²) in [6.45, 7) is 2.53. The van der Waals surface area contributed by atoms with Crippen molar-refractivity contribution in [3.63, 3.8) is 0 Å². The highest BCUT2D eigenvalue weighted by Crippen LogP contribution is 2.27. The number of rotatable bonds is 6. The van der Waals surface area contributed by atoms with Gasteiger partial charge in [-0.2, -0.15) is 0 Å². The summed E-state index contributed by atoms with van der Waals surface area (Å²) in [7, 11) is 0. The summed E-state index contributed by atoms with van der Waals surface area (Å²) in [5, 5.41) is 2.68. The highest BCUT2D eigenvalue weighted by molar-refractivity contribution is 7.80. The lowest BCUT2D eigenvalue weighted by Crippen LogP contribution is -2.48. The molecule has 3 N–H and O–H groups in total. The van der Waals surface area contributed by atoms with Gasteiger partial charge in [-0.25, -0.2) is 0 Å². The third kappa shape index (κ3) is 6.34. The molecule has 136 valence electrons. The quantitative estimate of drug-likeness (QED) is 0.535. The van der Waals surface area contributed by atoms with Crippen LogP contribution in [0, 0.1) is 5.92 Å². The van der Waals surface area contributed by atoms with Gasteiger partial charge in [-0.15, -0.1) is 0 Å². The molecule has 0 aliphatic heterocycles. The predicted molar refractivity (Wildman–Crippen MR) is 100 cm³/mol. The molecule has 1 saturated carbocycles. The maximum atomic E-state index is 12.3. The lowest BCUT2D eigenvalue weighted by atomic mass is 10.0. The van der Waals surface area contributed by atoms with Gasteiger partial charge in [0.15, 0.2) is 5.11 Å². The Hall–Kier alpha value is -2.15. The molecular weight excluding hydrogens is 338 g/mol. The minimum atomic E-state index is -0.376. The van der Waals surface area contributed by atoms with Gasteiger partial charge in [-0.05, 0) is 49.5 Å². The second kappa shape index (κ2) is 9.98. The molecule has 0 unspecified atom stereocenters.